The number of aromatic nitrogens is 2. The van der Waals surface area contributed by atoms with E-state index in [1.54, 1.807) is 18.2 Å². The van der Waals surface area contributed by atoms with Crippen molar-refractivity contribution in [1.82, 2.24) is 9.38 Å². The molecule has 162 valence electrons. The molecular weight excluding hydrogens is 414 g/mol. The van der Waals surface area contributed by atoms with Gasteiger partial charge < -0.3 is 18.6 Å². The van der Waals surface area contributed by atoms with E-state index in [4.69, 9.17) is 14.2 Å². The van der Waals surface area contributed by atoms with Crippen LogP contribution < -0.4 is 14.2 Å². The zero-order valence-electron chi connectivity index (χ0n) is 17.3. The Morgan fingerprint density at radius 1 is 1.12 bits per heavy atom. The highest BCUT2D eigenvalue weighted by atomic mass is 16.6. The summed E-state index contributed by atoms with van der Waals surface area (Å²) in [5, 5.41) is 11.4. The second kappa shape index (κ2) is 8.76. The highest BCUT2D eigenvalue weighted by molar-refractivity contribution is 5.94. The number of carbonyl (C=O) groups excluding carboxylic acids is 1. The number of hydrogen-bond acceptors (Lipinski definition) is 7. The fourth-order valence-corrected chi connectivity index (χ4v) is 3.19. The summed E-state index contributed by atoms with van der Waals surface area (Å²) in [7, 11) is 1.39. The molecule has 0 aliphatic rings. The molecule has 0 unspecified atom stereocenters. The number of nitrogens with zero attached hydrogens (tertiary/aromatic N) is 3. The number of fused-ring (bicyclic) bond motifs is 1. The zero-order valence-corrected chi connectivity index (χ0v) is 17.3. The van der Waals surface area contributed by atoms with E-state index >= 15 is 0 Å². The van der Waals surface area contributed by atoms with Crippen LogP contribution in [0.1, 0.15) is 21.6 Å². The van der Waals surface area contributed by atoms with Crippen LogP contribution in [0.3, 0.4) is 0 Å². The van der Waals surface area contributed by atoms with Gasteiger partial charge in [-0.3, -0.25) is 10.1 Å². The molecule has 0 amide bonds. The Labute approximate surface area is 182 Å². The normalized spacial score (nSPS) is 10.7. The van der Waals surface area contributed by atoms with E-state index in [2.05, 4.69) is 4.98 Å². The van der Waals surface area contributed by atoms with Gasteiger partial charge in [-0.05, 0) is 42.8 Å². The summed E-state index contributed by atoms with van der Waals surface area (Å²) in [4.78, 5) is 28.1. The third-order valence-electron chi connectivity index (χ3n) is 4.78. The van der Waals surface area contributed by atoms with Gasteiger partial charge >= 0.3 is 11.7 Å². The van der Waals surface area contributed by atoms with Crippen molar-refractivity contribution in [2.75, 3.05) is 7.11 Å². The van der Waals surface area contributed by atoms with E-state index < -0.39 is 10.9 Å². The number of carbonyl (C=O) groups is 1. The smallest absolute Gasteiger partial charge is 0.347 e. The molecule has 4 aromatic rings. The van der Waals surface area contributed by atoms with Crippen molar-refractivity contribution in [1.29, 1.82) is 0 Å². The van der Waals surface area contributed by atoms with Gasteiger partial charge in [0.05, 0.1) is 23.8 Å². The minimum atomic E-state index is -0.778. The SMILES string of the molecule is COc1ccc(OC(=O)c2ccccc2OCc2cn3cccc(C)c3n2)c([N+](=O)[O-])c1. The minimum absolute atomic E-state index is 0.133. The molecule has 0 aliphatic heterocycles. The average molecular weight is 433 g/mol. The highest BCUT2D eigenvalue weighted by Crippen LogP contribution is 2.32. The van der Waals surface area contributed by atoms with E-state index in [1.807, 2.05) is 35.9 Å². The molecule has 4 rings (SSSR count). The predicted octanol–water partition coefficient (Wildman–Crippen LogP) is 4.36. The van der Waals surface area contributed by atoms with Crippen LogP contribution in [0, 0.1) is 17.0 Å². The maximum atomic E-state index is 12.8. The molecule has 9 nitrogen and oxygen atoms in total. The molecule has 2 aromatic carbocycles. The molecule has 2 aromatic heterocycles. The Morgan fingerprint density at radius 2 is 1.94 bits per heavy atom. The number of para-hydroxylation sites is 1. The van der Waals surface area contributed by atoms with Crippen LogP contribution in [0.25, 0.3) is 5.65 Å². The fraction of sp³-hybridized carbons (Fsp3) is 0.130. The van der Waals surface area contributed by atoms with Gasteiger partial charge in [0.25, 0.3) is 0 Å². The Balaban J connectivity index is 1.55. The van der Waals surface area contributed by atoms with Crippen LogP contribution in [-0.2, 0) is 6.61 Å². The summed E-state index contributed by atoms with van der Waals surface area (Å²) >= 11 is 0. The molecule has 0 N–H and O–H groups in total. The van der Waals surface area contributed by atoms with Gasteiger partial charge in [-0.25, -0.2) is 9.78 Å². The van der Waals surface area contributed by atoms with Gasteiger partial charge in [0.2, 0.25) is 5.75 Å². The first-order valence-electron chi connectivity index (χ1n) is 9.66. The number of hydrogen-bond donors (Lipinski definition) is 0. The summed E-state index contributed by atoms with van der Waals surface area (Å²) in [6.45, 7) is 2.10. The lowest BCUT2D eigenvalue weighted by molar-refractivity contribution is -0.385. The van der Waals surface area contributed by atoms with Gasteiger partial charge in [-0.2, -0.15) is 0 Å². The van der Waals surface area contributed by atoms with Crippen molar-refractivity contribution in [2.45, 2.75) is 13.5 Å². The number of methoxy groups -OCH3 is 1. The number of rotatable bonds is 7. The molecule has 0 atom stereocenters. The summed E-state index contributed by atoms with van der Waals surface area (Å²) in [5.74, 6) is -0.406. The average Bonchev–Trinajstić information content (AvgIpc) is 3.22. The van der Waals surface area contributed by atoms with Crippen molar-refractivity contribution >= 4 is 17.3 Å². The maximum absolute atomic E-state index is 12.8. The second-order valence-electron chi connectivity index (χ2n) is 6.92. The lowest BCUT2D eigenvalue weighted by atomic mass is 10.2. The minimum Gasteiger partial charge on any atom is -0.496 e. The van der Waals surface area contributed by atoms with E-state index in [1.165, 1.54) is 31.4 Å². The van der Waals surface area contributed by atoms with Crippen molar-refractivity contribution in [2.24, 2.45) is 0 Å². The summed E-state index contributed by atoms with van der Waals surface area (Å²) in [6, 6.07) is 14.4. The molecule has 0 saturated carbocycles. The van der Waals surface area contributed by atoms with E-state index in [0.29, 0.717) is 5.69 Å². The third kappa shape index (κ3) is 4.22. The van der Waals surface area contributed by atoms with Crippen molar-refractivity contribution in [3.05, 3.63) is 93.9 Å². The number of imidazole rings is 1. The topological polar surface area (TPSA) is 105 Å². The van der Waals surface area contributed by atoms with Crippen LogP contribution in [0.2, 0.25) is 0 Å². The molecule has 0 saturated heterocycles. The van der Waals surface area contributed by atoms with Crippen LogP contribution >= 0.6 is 0 Å². The summed E-state index contributed by atoms with van der Waals surface area (Å²) in [6.07, 6.45) is 3.75. The monoisotopic (exact) mass is 433 g/mol. The Kier molecular flexibility index (Phi) is 5.71. The number of nitro benzene ring substituents is 1. The summed E-state index contributed by atoms with van der Waals surface area (Å²) < 4.78 is 18.0. The van der Waals surface area contributed by atoms with Crippen molar-refractivity contribution in [3.63, 3.8) is 0 Å². The van der Waals surface area contributed by atoms with Crippen LogP contribution in [0.4, 0.5) is 5.69 Å². The first kappa shape index (κ1) is 20.9. The van der Waals surface area contributed by atoms with Gasteiger partial charge in [-0.15, -0.1) is 0 Å². The van der Waals surface area contributed by atoms with Crippen molar-refractivity contribution in [3.8, 4) is 17.2 Å². The number of aryl methyl sites for hydroxylation is 1. The first-order valence-corrected chi connectivity index (χ1v) is 9.66. The molecule has 0 bridgehead atoms. The van der Waals surface area contributed by atoms with Crippen LogP contribution in [-0.4, -0.2) is 27.4 Å². The molecular formula is C23H19N3O6. The second-order valence-corrected chi connectivity index (χ2v) is 6.92. The highest BCUT2D eigenvalue weighted by Gasteiger charge is 2.22. The number of ether oxygens (including phenoxy) is 3. The fourth-order valence-electron chi connectivity index (χ4n) is 3.19. The Hall–Kier alpha value is -4.40. The van der Waals surface area contributed by atoms with Gasteiger partial charge in [0, 0.05) is 12.4 Å². The molecule has 9 heteroatoms. The van der Waals surface area contributed by atoms with Gasteiger partial charge in [0.15, 0.2) is 0 Å². The number of nitro groups is 1. The largest absolute Gasteiger partial charge is 0.496 e. The Bertz CT molecular complexity index is 1310. The lowest BCUT2D eigenvalue weighted by Gasteiger charge is -2.11. The standard InChI is InChI=1S/C23H19N3O6/c1-15-6-5-11-25-13-16(24-22(15)25)14-31-20-8-4-3-7-18(20)23(27)32-21-10-9-17(30-2)12-19(21)26(28)29/h3-13H,14H2,1-2H3. The predicted molar refractivity (Wildman–Crippen MR) is 115 cm³/mol. The Morgan fingerprint density at radius 3 is 2.69 bits per heavy atom. The van der Waals surface area contributed by atoms with Crippen LogP contribution in [0.5, 0.6) is 17.2 Å². The first-order chi connectivity index (χ1) is 15.5. The number of benzene rings is 2. The zero-order chi connectivity index (χ0) is 22.7. The molecule has 0 spiro atoms. The molecule has 2 heterocycles. The number of esters is 1. The van der Waals surface area contributed by atoms with E-state index in [-0.39, 0.29) is 35.1 Å². The maximum Gasteiger partial charge on any atom is 0.347 e. The molecule has 0 fully saturated rings. The summed E-state index contributed by atoms with van der Waals surface area (Å²) in [5.41, 5.74) is 2.30. The molecule has 0 aliphatic carbocycles. The van der Waals surface area contributed by atoms with Crippen LogP contribution in [0.15, 0.2) is 67.0 Å². The number of pyridine rings is 1. The van der Waals surface area contributed by atoms with Gasteiger partial charge in [0.1, 0.15) is 29.3 Å². The van der Waals surface area contributed by atoms with E-state index in [9.17, 15) is 14.9 Å². The van der Waals surface area contributed by atoms with Crippen molar-refractivity contribution < 1.29 is 23.9 Å². The quantitative estimate of drug-likeness (QED) is 0.185. The third-order valence-corrected chi connectivity index (χ3v) is 4.78. The van der Waals surface area contributed by atoms with E-state index in [0.717, 1.165) is 11.2 Å². The van der Waals surface area contributed by atoms with Gasteiger partial charge in [-0.1, -0.05) is 18.2 Å². The molecule has 32 heavy (non-hydrogen) atoms. The lowest BCUT2D eigenvalue weighted by Crippen LogP contribution is -2.12. The molecule has 0 radical (unpaired) electrons.